The highest BCUT2D eigenvalue weighted by Crippen LogP contribution is 2.29. The van der Waals surface area contributed by atoms with Crippen molar-refractivity contribution in [3.63, 3.8) is 0 Å². The van der Waals surface area contributed by atoms with Crippen LogP contribution in [0.25, 0.3) is 0 Å². The fraction of sp³-hybridized carbons (Fsp3) is 0.240. The Morgan fingerprint density at radius 3 is 2.52 bits per heavy atom. The summed E-state index contributed by atoms with van der Waals surface area (Å²) in [6.07, 6.45) is 1.47. The van der Waals surface area contributed by atoms with Crippen LogP contribution in [0, 0.1) is 6.92 Å². The molecule has 3 aromatic carbocycles. The molecule has 0 aliphatic carbocycles. The molecule has 0 unspecified atom stereocenters. The number of nitrogens with zero attached hydrogens (tertiary/aromatic N) is 1. The van der Waals surface area contributed by atoms with E-state index in [1.807, 2.05) is 24.3 Å². The summed E-state index contributed by atoms with van der Waals surface area (Å²) in [5.41, 5.74) is 2.18. The number of rotatable bonds is 10. The van der Waals surface area contributed by atoms with Gasteiger partial charge in [-0.2, -0.15) is 0 Å². The zero-order valence-corrected chi connectivity index (χ0v) is 20.2. The highest BCUT2D eigenvalue weighted by atomic mass is 35.5. The number of hydrogen-bond acceptors (Lipinski definition) is 4. The second-order valence-corrected chi connectivity index (χ2v) is 9.86. The molecule has 0 radical (unpaired) electrons. The van der Waals surface area contributed by atoms with Crippen molar-refractivity contribution in [2.24, 2.45) is 0 Å². The van der Waals surface area contributed by atoms with E-state index in [1.165, 1.54) is 12.1 Å². The van der Waals surface area contributed by atoms with E-state index in [9.17, 15) is 13.2 Å². The second-order valence-electron chi connectivity index (χ2n) is 7.56. The molecule has 0 spiro atoms. The van der Waals surface area contributed by atoms with Crippen LogP contribution in [0.1, 0.15) is 17.5 Å². The zero-order chi connectivity index (χ0) is 23.8. The predicted octanol–water partition coefficient (Wildman–Crippen LogP) is 4.60. The minimum atomic E-state index is -3.97. The van der Waals surface area contributed by atoms with Crippen LogP contribution >= 0.6 is 11.6 Å². The number of carbonyl (C=O) groups excluding carboxylic acids is 1. The first kappa shape index (κ1) is 24.6. The molecule has 8 heteroatoms. The number of anilines is 1. The topological polar surface area (TPSA) is 75.7 Å². The maximum absolute atomic E-state index is 13.4. The number of carbonyl (C=O) groups is 1. The highest BCUT2D eigenvalue weighted by molar-refractivity contribution is 7.92. The highest BCUT2D eigenvalue weighted by Gasteiger charge is 2.28. The Morgan fingerprint density at radius 2 is 1.79 bits per heavy atom. The molecule has 0 aliphatic rings. The van der Waals surface area contributed by atoms with E-state index in [0.717, 1.165) is 22.0 Å². The van der Waals surface area contributed by atoms with Crippen LogP contribution in [0.3, 0.4) is 0 Å². The van der Waals surface area contributed by atoms with E-state index in [0.29, 0.717) is 29.2 Å². The van der Waals surface area contributed by atoms with E-state index in [-0.39, 0.29) is 17.3 Å². The molecule has 3 aromatic rings. The van der Waals surface area contributed by atoms with Gasteiger partial charge in [0, 0.05) is 11.6 Å². The van der Waals surface area contributed by atoms with Gasteiger partial charge in [0.15, 0.2) is 0 Å². The summed E-state index contributed by atoms with van der Waals surface area (Å²) in [5, 5.41) is 3.22. The average molecular weight is 487 g/mol. The van der Waals surface area contributed by atoms with Gasteiger partial charge in [-0.05, 0) is 67.3 Å². The van der Waals surface area contributed by atoms with Crippen LogP contribution in [0.15, 0.2) is 77.7 Å². The van der Waals surface area contributed by atoms with E-state index >= 15 is 0 Å². The van der Waals surface area contributed by atoms with Gasteiger partial charge in [0.1, 0.15) is 12.3 Å². The number of nitrogens with one attached hydrogen (secondary N) is 1. The Kier molecular flexibility index (Phi) is 8.36. The van der Waals surface area contributed by atoms with Crippen molar-refractivity contribution in [3.05, 3.63) is 88.9 Å². The summed E-state index contributed by atoms with van der Waals surface area (Å²) in [4.78, 5) is 12.8. The molecule has 0 saturated heterocycles. The molecule has 0 fully saturated rings. The third-order valence-electron chi connectivity index (χ3n) is 5.16. The number of ether oxygens (including phenoxy) is 1. The number of sulfonamides is 1. The lowest BCUT2D eigenvalue weighted by atomic mass is 10.1. The number of halogens is 1. The predicted molar refractivity (Wildman–Crippen MR) is 131 cm³/mol. The van der Waals surface area contributed by atoms with Crippen molar-refractivity contribution in [2.45, 2.75) is 24.7 Å². The molecule has 0 aromatic heterocycles. The number of methoxy groups -OCH3 is 1. The third kappa shape index (κ3) is 6.49. The Morgan fingerprint density at radius 1 is 1.03 bits per heavy atom. The summed E-state index contributed by atoms with van der Waals surface area (Å²) >= 11 is 6.14. The Balaban J connectivity index is 1.72. The van der Waals surface area contributed by atoms with E-state index < -0.39 is 10.0 Å². The number of amides is 1. The molecule has 0 bridgehead atoms. The van der Waals surface area contributed by atoms with Crippen LogP contribution in [-0.4, -0.2) is 34.5 Å². The lowest BCUT2D eigenvalue weighted by Crippen LogP contribution is -2.41. The van der Waals surface area contributed by atoms with Crippen molar-refractivity contribution in [1.29, 1.82) is 0 Å². The van der Waals surface area contributed by atoms with Crippen molar-refractivity contribution in [3.8, 4) is 5.75 Å². The van der Waals surface area contributed by atoms with Crippen LogP contribution in [0.2, 0.25) is 5.02 Å². The third-order valence-corrected chi connectivity index (χ3v) is 7.17. The monoisotopic (exact) mass is 486 g/mol. The average Bonchev–Trinajstić information content (AvgIpc) is 2.82. The normalized spacial score (nSPS) is 11.1. The quantitative estimate of drug-likeness (QED) is 0.425. The van der Waals surface area contributed by atoms with Gasteiger partial charge in [0.05, 0.1) is 17.7 Å². The second kappa shape index (κ2) is 11.2. The van der Waals surface area contributed by atoms with Gasteiger partial charge in [-0.25, -0.2) is 8.42 Å². The summed E-state index contributed by atoms with van der Waals surface area (Å²) < 4.78 is 33.1. The van der Waals surface area contributed by atoms with Crippen LogP contribution in [0.4, 0.5) is 5.69 Å². The summed E-state index contributed by atoms with van der Waals surface area (Å²) in [7, 11) is -2.35. The van der Waals surface area contributed by atoms with E-state index in [4.69, 9.17) is 16.3 Å². The fourth-order valence-electron chi connectivity index (χ4n) is 3.41. The van der Waals surface area contributed by atoms with Gasteiger partial charge in [-0.15, -0.1) is 0 Å². The molecular formula is C25H27ClN2O4S. The van der Waals surface area contributed by atoms with Crippen LogP contribution < -0.4 is 14.4 Å². The van der Waals surface area contributed by atoms with Gasteiger partial charge >= 0.3 is 0 Å². The first-order valence-electron chi connectivity index (χ1n) is 10.5. The largest absolute Gasteiger partial charge is 0.497 e. The number of aryl methyl sites for hydroxylation is 2. The molecule has 174 valence electrons. The fourth-order valence-corrected chi connectivity index (χ4v) is 5.07. The minimum absolute atomic E-state index is 0.107. The van der Waals surface area contributed by atoms with E-state index in [2.05, 4.69) is 5.32 Å². The molecule has 6 nitrogen and oxygen atoms in total. The van der Waals surface area contributed by atoms with Crippen molar-refractivity contribution >= 4 is 33.2 Å². The summed E-state index contributed by atoms with van der Waals surface area (Å²) in [6.45, 7) is 1.85. The number of benzene rings is 3. The van der Waals surface area contributed by atoms with Gasteiger partial charge in [-0.3, -0.25) is 9.10 Å². The molecule has 0 saturated carbocycles. The molecular weight excluding hydrogens is 460 g/mol. The Labute approximate surface area is 200 Å². The lowest BCUT2D eigenvalue weighted by Gasteiger charge is -2.26. The van der Waals surface area contributed by atoms with Gasteiger partial charge in [-0.1, -0.05) is 48.0 Å². The maximum atomic E-state index is 13.4. The molecule has 33 heavy (non-hydrogen) atoms. The molecule has 0 heterocycles. The molecule has 3 rings (SSSR count). The van der Waals surface area contributed by atoms with E-state index in [1.54, 1.807) is 50.4 Å². The van der Waals surface area contributed by atoms with Gasteiger partial charge in [0.25, 0.3) is 10.0 Å². The van der Waals surface area contributed by atoms with Crippen LogP contribution in [-0.2, 0) is 21.2 Å². The summed E-state index contributed by atoms with van der Waals surface area (Å²) in [6, 6.07) is 20.8. The van der Waals surface area contributed by atoms with Crippen molar-refractivity contribution in [1.82, 2.24) is 5.32 Å². The molecule has 1 N–H and O–H groups in total. The summed E-state index contributed by atoms with van der Waals surface area (Å²) in [5.74, 6) is 0.398. The Hall–Kier alpha value is -3.03. The Bertz CT molecular complexity index is 1200. The first-order chi connectivity index (χ1) is 15.8. The van der Waals surface area contributed by atoms with Gasteiger partial charge < -0.3 is 10.1 Å². The first-order valence-corrected chi connectivity index (χ1v) is 12.4. The molecule has 0 aliphatic heterocycles. The maximum Gasteiger partial charge on any atom is 0.264 e. The zero-order valence-electron chi connectivity index (χ0n) is 18.6. The van der Waals surface area contributed by atoms with Crippen molar-refractivity contribution in [2.75, 3.05) is 24.5 Å². The molecule has 0 atom stereocenters. The van der Waals surface area contributed by atoms with Crippen molar-refractivity contribution < 1.29 is 17.9 Å². The minimum Gasteiger partial charge on any atom is -0.497 e. The molecule has 1 amide bonds. The van der Waals surface area contributed by atoms with Crippen LogP contribution in [0.5, 0.6) is 5.75 Å². The SMILES string of the molecule is COc1cccc(CCCNC(=O)CN(c2cc(Cl)ccc2C)S(=O)(=O)c2ccccc2)c1. The number of hydrogen-bond donors (Lipinski definition) is 1. The smallest absolute Gasteiger partial charge is 0.264 e. The standard InChI is InChI=1S/C25H27ClN2O4S/c1-19-13-14-21(26)17-24(19)28(33(30,31)23-11-4-3-5-12-23)18-25(29)27-15-7-9-20-8-6-10-22(16-20)32-2/h3-6,8,10-14,16-17H,7,9,15,18H2,1-2H3,(H,27,29). The lowest BCUT2D eigenvalue weighted by molar-refractivity contribution is -0.119. The van der Waals surface area contributed by atoms with Gasteiger partial charge in [0.2, 0.25) is 5.91 Å².